The van der Waals surface area contributed by atoms with Gasteiger partial charge >= 0.3 is 0 Å². The Labute approximate surface area is 110 Å². The van der Waals surface area contributed by atoms with Gasteiger partial charge in [-0.1, -0.05) is 11.3 Å². The molecular formula is C11H18N4O2S. The van der Waals surface area contributed by atoms with Crippen molar-refractivity contribution < 1.29 is 9.53 Å². The number of nitrogens with one attached hydrogen (secondary N) is 2. The monoisotopic (exact) mass is 270 g/mol. The predicted molar refractivity (Wildman–Crippen MR) is 69.9 cm³/mol. The number of anilines is 1. The van der Waals surface area contributed by atoms with Crippen molar-refractivity contribution in [1.82, 2.24) is 15.5 Å². The fraction of sp³-hybridized carbons (Fsp3) is 0.727. The fourth-order valence-corrected chi connectivity index (χ4v) is 2.11. The van der Waals surface area contributed by atoms with Gasteiger partial charge < -0.3 is 15.4 Å². The molecule has 0 spiro atoms. The van der Waals surface area contributed by atoms with E-state index in [-0.39, 0.29) is 5.91 Å². The van der Waals surface area contributed by atoms with Gasteiger partial charge in [-0.05, 0) is 25.7 Å². The molecule has 0 aromatic carbocycles. The molecule has 0 radical (unpaired) electrons. The van der Waals surface area contributed by atoms with Gasteiger partial charge in [0.15, 0.2) is 0 Å². The molecule has 0 bridgehead atoms. The van der Waals surface area contributed by atoms with E-state index in [0.29, 0.717) is 23.3 Å². The maximum atomic E-state index is 11.7. The molecule has 2 N–H and O–H groups in total. The van der Waals surface area contributed by atoms with Crippen molar-refractivity contribution in [2.75, 3.05) is 31.6 Å². The van der Waals surface area contributed by atoms with Crippen molar-refractivity contribution in [3.05, 3.63) is 5.01 Å². The summed E-state index contributed by atoms with van der Waals surface area (Å²) in [5, 5.41) is 14.5. The molecule has 0 saturated heterocycles. The molecule has 1 heterocycles. The summed E-state index contributed by atoms with van der Waals surface area (Å²) in [6.07, 6.45) is 2.56. The van der Waals surface area contributed by atoms with Crippen LogP contribution in [0.15, 0.2) is 0 Å². The largest absolute Gasteiger partial charge is 0.379 e. The molecule has 1 aromatic heterocycles. The Balaban J connectivity index is 1.62. The van der Waals surface area contributed by atoms with Crippen LogP contribution in [0.25, 0.3) is 0 Å². The van der Waals surface area contributed by atoms with Crippen molar-refractivity contribution in [2.45, 2.75) is 19.8 Å². The second kappa shape index (κ2) is 6.65. The lowest BCUT2D eigenvalue weighted by Gasteiger charge is -2.03. The summed E-state index contributed by atoms with van der Waals surface area (Å²) in [7, 11) is 0. The van der Waals surface area contributed by atoms with Crippen LogP contribution in [0, 0.1) is 5.92 Å². The Morgan fingerprint density at radius 1 is 1.50 bits per heavy atom. The highest BCUT2D eigenvalue weighted by atomic mass is 32.1. The predicted octanol–water partition coefficient (Wildman–Crippen LogP) is 1.13. The van der Waals surface area contributed by atoms with Gasteiger partial charge in [-0.3, -0.25) is 4.79 Å². The Morgan fingerprint density at radius 3 is 3.06 bits per heavy atom. The summed E-state index contributed by atoms with van der Waals surface area (Å²) in [4.78, 5) is 11.7. The number of ether oxygens (including phenoxy) is 1. The average Bonchev–Trinajstić information content (AvgIpc) is 3.07. The van der Waals surface area contributed by atoms with E-state index in [9.17, 15) is 4.79 Å². The zero-order valence-corrected chi connectivity index (χ0v) is 11.3. The Kier molecular flexibility index (Phi) is 4.89. The molecule has 6 nitrogen and oxygen atoms in total. The number of carbonyl (C=O) groups is 1. The van der Waals surface area contributed by atoms with E-state index < -0.39 is 0 Å². The maximum absolute atomic E-state index is 11.7. The van der Waals surface area contributed by atoms with Crippen molar-refractivity contribution in [2.24, 2.45) is 5.92 Å². The van der Waals surface area contributed by atoms with Gasteiger partial charge in [0.1, 0.15) is 0 Å². The minimum atomic E-state index is -0.188. The normalized spacial score (nSPS) is 14.5. The minimum Gasteiger partial charge on any atom is -0.379 e. The zero-order valence-electron chi connectivity index (χ0n) is 10.4. The molecule has 1 aromatic rings. The van der Waals surface area contributed by atoms with Crippen LogP contribution in [0.3, 0.4) is 0 Å². The van der Waals surface area contributed by atoms with Crippen LogP contribution < -0.4 is 10.6 Å². The Morgan fingerprint density at radius 2 is 2.33 bits per heavy atom. The lowest BCUT2D eigenvalue weighted by Crippen LogP contribution is -2.27. The fourth-order valence-electron chi connectivity index (χ4n) is 1.38. The van der Waals surface area contributed by atoms with Gasteiger partial charge in [-0.15, -0.1) is 10.2 Å². The number of aromatic nitrogens is 2. The topological polar surface area (TPSA) is 76.1 Å². The SMILES string of the molecule is CCNc1nnc(C(=O)NCCOCC2CC2)s1. The van der Waals surface area contributed by atoms with Crippen LogP contribution in [0.4, 0.5) is 5.13 Å². The van der Waals surface area contributed by atoms with E-state index in [1.807, 2.05) is 6.92 Å². The van der Waals surface area contributed by atoms with E-state index in [0.717, 1.165) is 19.1 Å². The van der Waals surface area contributed by atoms with Crippen molar-refractivity contribution in [1.29, 1.82) is 0 Å². The molecule has 1 aliphatic carbocycles. The average molecular weight is 270 g/mol. The van der Waals surface area contributed by atoms with Gasteiger partial charge in [-0.25, -0.2) is 0 Å². The lowest BCUT2D eigenvalue weighted by molar-refractivity contribution is 0.0905. The molecule has 7 heteroatoms. The summed E-state index contributed by atoms with van der Waals surface area (Å²) < 4.78 is 5.43. The molecule has 0 unspecified atom stereocenters. The summed E-state index contributed by atoms with van der Waals surface area (Å²) in [5.74, 6) is 0.568. The van der Waals surface area contributed by atoms with E-state index in [1.54, 1.807) is 0 Å². The molecule has 0 aliphatic heterocycles. The van der Waals surface area contributed by atoms with Crippen molar-refractivity contribution in [3.8, 4) is 0 Å². The minimum absolute atomic E-state index is 0.188. The van der Waals surface area contributed by atoms with Crippen LogP contribution in [-0.4, -0.2) is 42.4 Å². The summed E-state index contributed by atoms with van der Waals surface area (Å²) in [6.45, 7) is 4.63. The maximum Gasteiger partial charge on any atom is 0.282 e. The smallest absolute Gasteiger partial charge is 0.282 e. The Bertz CT molecular complexity index is 392. The van der Waals surface area contributed by atoms with E-state index in [1.165, 1.54) is 24.2 Å². The third-order valence-electron chi connectivity index (χ3n) is 2.53. The van der Waals surface area contributed by atoms with Gasteiger partial charge in [0, 0.05) is 19.7 Å². The van der Waals surface area contributed by atoms with Crippen molar-refractivity contribution in [3.63, 3.8) is 0 Å². The number of rotatable bonds is 8. The number of hydrogen-bond donors (Lipinski definition) is 2. The van der Waals surface area contributed by atoms with E-state index in [2.05, 4.69) is 20.8 Å². The van der Waals surface area contributed by atoms with Crippen LogP contribution in [0.1, 0.15) is 29.6 Å². The van der Waals surface area contributed by atoms with Crippen LogP contribution >= 0.6 is 11.3 Å². The highest BCUT2D eigenvalue weighted by Crippen LogP contribution is 2.28. The van der Waals surface area contributed by atoms with Gasteiger partial charge in [0.05, 0.1) is 6.61 Å². The molecule has 100 valence electrons. The summed E-state index contributed by atoms with van der Waals surface area (Å²) in [5.41, 5.74) is 0. The first-order valence-corrected chi connectivity index (χ1v) is 7.04. The van der Waals surface area contributed by atoms with Gasteiger partial charge in [-0.2, -0.15) is 0 Å². The second-order valence-electron chi connectivity index (χ2n) is 4.22. The first-order valence-electron chi connectivity index (χ1n) is 6.23. The van der Waals surface area contributed by atoms with Crippen molar-refractivity contribution >= 4 is 22.4 Å². The van der Waals surface area contributed by atoms with Crippen LogP contribution in [0.5, 0.6) is 0 Å². The number of amides is 1. The summed E-state index contributed by atoms with van der Waals surface area (Å²) in [6, 6.07) is 0. The molecule has 1 saturated carbocycles. The first-order chi connectivity index (χ1) is 8.79. The number of nitrogens with zero attached hydrogens (tertiary/aromatic N) is 2. The quantitative estimate of drug-likeness (QED) is 0.692. The molecule has 0 atom stereocenters. The van der Waals surface area contributed by atoms with Gasteiger partial charge in [0.2, 0.25) is 10.1 Å². The molecule has 1 amide bonds. The standard InChI is InChI=1S/C11H18N4O2S/c1-2-12-11-15-14-10(18-11)9(16)13-5-6-17-7-8-3-4-8/h8H,2-7H2,1H3,(H,12,15)(H,13,16). The zero-order chi connectivity index (χ0) is 12.8. The van der Waals surface area contributed by atoms with E-state index in [4.69, 9.17) is 4.74 Å². The first kappa shape index (κ1) is 13.2. The number of carbonyl (C=O) groups excluding carboxylic acids is 1. The third kappa shape index (κ3) is 4.23. The number of hydrogen-bond acceptors (Lipinski definition) is 6. The second-order valence-corrected chi connectivity index (χ2v) is 5.19. The molecule has 2 rings (SSSR count). The highest BCUT2D eigenvalue weighted by Gasteiger charge is 2.21. The molecule has 1 aliphatic rings. The lowest BCUT2D eigenvalue weighted by atomic mass is 10.5. The molecule has 18 heavy (non-hydrogen) atoms. The Hall–Kier alpha value is -1.21. The summed E-state index contributed by atoms with van der Waals surface area (Å²) >= 11 is 1.26. The van der Waals surface area contributed by atoms with Gasteiger partial charge in [0.25, 0.3) is 5.91 Å². The molecule has 1 fully saturated rings. The molecular weight excluding hydrogens is 252 g/mol. The van der Waals surface area contributed by atoms with Crippen LogP contribution in [0.2, 0.25) is 0 Å². The van der Waals surface area contributed by atoms with Crippen LogP contribution in [-0.2, 0) is 4.74 Å². The highest BCUT2D eigenvalue weighted by molar-refractivity contribution is 7.17. The third-order valence-corrected chi connectivity index (χ3v) is 3.41. The van der Waals surface area contributed by atoms with E-state index >= 15 is 0 Å².